The van der Waals surface area contributed by atoms with Crippen molar-refractivity contribution in [2.75, 3.05) is 30.3 Å². The number of phosphoric acid groups is 1. The summed E-state index contributed by atoms with van der Waals surface area (Å²) in [5.41, 5.74) is 4.73. The van der Waals surface area contributed by atoms with Crippen LogP contribution in [0.2, 0.25) is 0 Å². The SMILES string of the molecule is CC(C)OP1(=O)OC[C@H]2O[C@@H](n3cnc4c(N5CCC5)nc(N)nc43)[C@](C)(F)[C@@H]2O1. The first-order valence-electron chi connectivity index (χ1n) is 9.89. The zero-order valence-electron chi connectivity index (χ0n) is 16.9. The third-order valence-corrected chi connectivity index (χ3v) is 7.12. The summed E-state index contributed by atoms with van der Waals surface area (Å²) in [6.45, 7) is 6.30. The number of nitrogens with zero attached hydrogens (tertiary/aromatic N) is 5. The average Bonchev–Trinajstić information content (AvgIpc) is 3.11. The average molecular weight is 442 g/mol. The molecule has 0 radical (unpaired) electrons. The monoisotopic (exact) mass is 442 g/mol. The van der Waals surface area contributed by atoms with Gasteiger partial charge in [0.15, 0.2) is 28.9 Å². The number of rotatable bonds is 4. The van der Waals surface area contributed by atoms with Gasteiger partial charge < -0.3 is 15.4 Å². The Labute approximate surface area is 172 Å². The molecule has 11 nitrogen and oxygen atoms in total. The van der Waals surface area contributed by atoms with Gasteiger partial charge in [0.05, 0.1) is 19.0 Å². The van der Waals surface area contributed by atoms with Gasteiger partial charge in [0.1, 0.15) is 12.2 Å². The molecule has 2 aromatic heterocycles. The van der Waals surface area contributed by atoms with E-state index in [4.69, 9.17) is 24.0 Å². The Kier molecular flexibility index (Phi) is 4.57. The van der Waals surface area contributed by atoms with Crippen LogP contribution in [0.4, 0.5) is 16.2 Å². The number of alkyl halides is 1. The second kappa shape index (κ2) is 6.83. The Morgan fingerprint density at radius 1 is 1.40 bits per heavy atom. The van der Waals surface area contributed by atoms with Crippen LogP contribution in [0.3, 0.4) is 0 Å². The lowest BCUT2D eigenvalue weighted by Gasteiger charge is -2.34. The van der Waals surface area contributed by atoms with Crippen LogP contribution in [-0.4, -0.2) is 63.2 Å². The summed E-state index contributed by atoms with van der Waals surface area (Å²) in [5, 5.41) is 0. The molecule has 0 aliphatic carbocycles. The molecule has 13 heteroatoms. The number of nitrogens with two attached hydrogens (primary N) is 1. The molecule has 5 atom stereocenters. The fourth-order valence-electron chi connectivity index (χ4n) is 3.99. The predicted octanol–water partition coefficient (Wildman–Crippen LogP) is 2.19. The van der Waals surface area contributed by atoms with E-state index in [9.17, 15) is 4.57 Å². The van der Waals surface area contributed by atoms with Crippen molar-refractivity contribution in [3.05, 3.63) is 6.33 Å². The van der Waals surface area contributed by atoms with Crippen LogP contribution in [0.15, 0.2) is 6.33 Å². The maximum atomic E-state index is 16.0. The molecule has 3 aliphatic heterocycles. The van der Waals surface area contributed by atoms with Crippen molar-refractivity contribution < 1.29 is 27.3 Å². The number of nitrogen functional groups attached to an aromatic ring is 1. The minimum absolute atomic E-state index is 0.0662. The molecule has 0 aromatic carbocycles. The number of ether oxygens (including phenoxy) is 1. The van der Waals surface area contributed by atoms with Gasteiger partial charge in [-0.3, -0.25) is 18.1 Å². The number of hydrogen-bond acceptors (Lipinski definition) is 10. The van der Waals surface area contributed by atoms with Crippen molar-refractivity contribution >= 4 is 30.8 Å². The molecule has 5 rings (SSSR count). The van der Waals surface area contributed by atoms with Gasteiger partial charge in [0.2, 0.25) is 5.95 Å². The van der Waals surface area contributed by atoms with E-state index in [0.29, 0.717) is 17.0 Å². The summed E-state index contributed by atoms with van der Waals surface area (Å²) in [6.07, 6.45) is -0.951. The summed E-state index contributed by atoms with van der Waals surface area (Å²) in [6, 6.07) is 0. The van der Waals surface area contributed by atoms with Crippen LogP contribution < -0.4 is 10.6 Å². The zero-order chi connectivity index (χ0) is 21.3. The van der Waals surface area contributed by atoms with E-state index in [-0.39, 0.29) is 12.6 Å². The maximum absolute atomic E-state index is 16.0. The van der Waals surface area contributed by atoms with Crippen LogP contribution in [0, 0.1) is 0 Å². The number of halogens is 1. The van der Waals surface area contributed by atoms with Crippen molar-refractivity contribution in [2.24, 2.45) is 0 Å². The molecule has 0 bridgehead atoms. The molecule has 0 saturated carbocycles. The molecule has 3 saturated heterocycles. The number of fused-ring (bicyclic) bond motifs is 2. The molecule has 164 valence electrons. The standard InChI is InChI=1S/C17H24FN6O5P/c1-9(2)28-30(25)26-7-10-12(29-30)17(3,18)15(27-10)24-8-20-11-13(23-5-4-6-23)21-16(19)22-14(11)24/h8-10,12,15H,4-7H2,1-3H3,(H2,19,21,22)/t10-,12-,15-,17-,30?/m1/s1. The van der Waals surface area contributed by atoms with Crippen molar-refractivity contribution in [3.63, 3.8) is 0 Å². The predicted molar refractivity (Wildman–Crippen MR) is 105 cm³/mol. The van der Waals surface area contributed by atoms with Gasteiger partial charge in [-0.15, -0.1) is 0 Å². The second-order valence-electron chi connectivity index (χ2n) is 8.17. The Morgan fingerprint density at radius 2 is 2.17 bits per heavy atom. The van der Waals surface area contributed by atoms with Crippen LogP contribution in [0.25, 0.3) is 11.2 Å². The van der Waals surface area contributed by atoms with Crippen molar-refractivity contribution in [3.8, 4) is 0 Å². The first-order chi connectivity index (χ1) is 14.2. The highest BCUT2D eigenvalue weighted by atomic mass is 31.2. The van der Waals surface area contributed by atoms with E-state index in [2.05, 4.69) is 15.0 Å². The van der Waals surface area contributed by atoms with Crippen LogP contribution in [-0.2, 0) is 22.9 Å². The molecule has 3 aliphatic rings. The molecule has 0 spiro atoms. The van der Waals surface area contributed by atoms with Gasteiger partial charge in [-0.1, -0.05) is 0 Å². The Bertz CT molecular complexity index is 1030. The van der Waals surface area contributed by atoms with Crippen LogP contribution in [0.1, 0.15) is 33.4 Å². The molecule has 5 heterocycles. The van der Waals surface area contributed by atoms with Crippen LogP contribution in [0.5, 0.6) is 0 Å². The van der Waals surface area contributed by atoms with Crippen molar-refractivity contribution in [1.29, 1.82) is 0 Å². The second-order valence-corrected chi connectivity index (χ2v) is 9.75. The fraction of sp³-hybridized carbons (Fsp3) is 0.706. The third-order valence-electron chi connectivity index (χ3n) is 5.49. The molecule has 2 aromatic rings. The van der Waals surface area contributed by atoms with Gasteiger partial charge in [-0.05, 0) is 27.2 Å². The molecule has 1 unspecified atom stereocenters. The largest absolute Gasteiger partial charge is 0.475 e. The highest BCUT2D eigenvalue weighted by Gasteiger charge is 2.61. The lowest BCUT2D eigenvalue weighted by molar-refractivity contribution is -0.0733. The third kappa shape index (κ3) is 3.09. The number of aromatic nitrogens is 4. The van der Waals surface area contributed by atoms with E-state index < -0.39 is 38.0 Å². The van der Waals surface area contributed by atoms with Gasteiger partial charge in [-0.25, -0.2) is 13.9 Å². The van der Waals surface area contributed by atoms with Crippen molar-refractivity contribution in [1.82, 2.24) is 19.5 Å². The number of anilines is 2. The van der Waals surface area contributed by atoms with Gasteiger partial charge in [-0.2, -0.15) is 9.97 Å². The molecule has 3 fully saturated rings. The lowest BCUT2D eigenvalue weighted by Crippen LogP contribution is -2.45. The minimum atomic E-state index is -3.89. The van der Waals surface area contributed by atoms with Crippen LogP contribution >= 0.6 is 7.82 Å². The Balaban J connectivity index is 1.50. The number of phosphoric ester groups is 1. The van der Waals surface area contributed by atoms with E-state index >= 15 is 4.39 Å². The smallest absolute Gasteiger partial charge is 0.368 e. The molecular weight excluding hydrogens is 418 g/mol. The first-order valence-corrected chi connectivity index (χ1v) is 11.3. The normalized spacial score (nSPS) is 36.3. The van der Waals surface area contributed by atoms with E-state index in [1.165, 1.54) is 17.8 Å². The summed E-state index contributed by atoms with van der Waals surface area (Å²) in [4.78, 5) is 15.0. The number of hydrogen-bond donors (Lipinski definition) is 1. The summed E-state index contributed by atoms with van der Waals surface area (Å²) in [7, 11) is -3.89. The highest BCUT2D eigenvalue weighted by molar-refractivity contribution is 7.48. The quantitative estimate of drug-likeness (QED) is 0.704. The molecule has 30 heavy (non-hydrogen) atoms. The molecule has 2 N–H and O–H groups in total. The summed E-state index contributed by atoms with van der Waals surface area (Å²) >= 11 is 0. The Morgan fingerprint density at radius 3 is 2.83 bits per heavy atom. The molecule has 0 amide bonds. The van der Waals surface area contributed by atoms with Gasteiger partial charge >= 0.3 is 7.82 Å². The maximum Gasteiger partial charge on any atom is 0.475 e. The minimum Gasteiger partial charge on any atom is -0.368 e. The van der Waals surface area contributed by atoms with E-state index in [1.54, 1.807) is 13.8 Å². The lowest BCUT2D eigenvalue weighted by atomic mass is 9.98. The van der Waals surface area contributed by atoms with Gasteiger partial charge in [0, 0.05) is 13.1 Å². The summed E-state index contributed by atoms with van der Waals surface area (Å²) in [5.74, 6) is 0.685. The zero-order valence-corrected chi connectivity index (χ0v) is 17.8. The Hall–Kier alpha value is -1.85. The topological polar surface area (TPSA) is 127 Å². The number of imidazole rings is 1. The summed E-state index contributed by atoms with van der Waals surface area (Å²) < 4.78 is 52.2. The molecular formula is C17H24FN6O5P. The van der Waals surface area contributed by atoms with Crippen molar-refractivity contribution in [2.45, 2.75) is 57.4 Å². The van der Waals surface area contributed by atoms with E-state index in [0.717, 1.165) is 19.5 Å². The first kappa shape index (κ1) is 20.1. The highest BCUT2D eigenvalue weighted by Crippen LogP contribution is 2.60. The van der Waals surface area contributed by atoms with E-state index in [1.807, 2.05) is 4.90 Å². The van der Waals surface area contributed by atoms with Gasteiger partial charge in [0.25, 0.3) is 0 Å². The fourth-order valence-corrected chi connectivity index (χ4v) is 5.63.